The third-order valence-corrected chi connectivity index (χ3v) is 3.11. The van der Waals surface area contributed by atoms with Crippen molar-refractivity contribution in [2.45, 2.75) is 40.0 Å². The maximum Gasteiger partial charge on any atom is -0.0319 e. The van der Waals surface area contributed by atoms with Gasteiger partial charge in [-0.25, -0.2) is 11.6 Å². The van der Waals surface area contributed by atoms with Gasteiger partial charge in [-0.3, -0.25) is 0 Å². The molecule has 0 aliphatic heterocycles. The molecular weight excluding hydrogens is 335 g/mol. The monoisotopic (exact) mass is 360 g/mol. The van der Waals surface area contributed by atoms with E-state index < -0.39 is 0 Å². The molecule has 0 fully saturated rings. The Labute approximate surface area is 155 Å². The van der Waals surface area contributed by atoms with Crippen molar-refractivity contribution in [1.29, 1.82) is 0 Å². The molecule has 0 radical (unpaired) electrons. The Morgan fingerprint density at radius 1 is 1.29 bits per heavy atom. The summed E-state index contributed by atoms with van der Waals surface area (Å²) in [6, 6.07) is 6.41. The average Bonchev–Trinajstić information content (AvgIpc) is 3.03. The Kier molecular flexibility index (Phi) is 22.3. The molecule has 1 aliphatic rings. The molecule has 1 aromatic carbocycles. The summed E-state index contributed by atoms with van der Waals surface area (Å²) in [4.78, 5) is 0. The average molecular weight is 361 g/mol. The zero-order chi connectivity index (χ0) is 14.5. The third-order valence-electron chi connectivity index (χ3n) is 2.66. The Morgan fingerprint density at radius 2 is 1.86 bits per heavy atom. The van der Waals surface area contributed by atoms with Crippen molar-refractivity contribution in [1.82, 2.24) is 0 Å². The molecule has 118 valence electrons. The first-order chi connectivity index (χ1) is 9.13. The molecule has 0 aromatic heterocycles. The largest absolute Gasteiger partial charge is 1.00 e. The van der Waals surface area contributed by atoms with Gasteiger partial charge < -0.3 is 31.7 Å². The van der Waals surface area contributed by atoms with E-state index in [1.807, 2.05) is 0 Å². The van der Waals surface area contributed by atoms with Crippen LogP contribution in [0.5, 0.6) is 0 Å². The van der Waals surface area contributed by atoms with E-state index in [1.54, 1.807) is 0 Å². The predicted molar refractivity (Wildman–Crippen MR) is 84.2 cm³/mol. The summed E-state index contributed by atoms with van der Waals surface area (Å²) in [5.41, 5.74) is 2.72. The van der Waals surface area contributed by atoms with Gasteiger partial charge in [-0.1, -0.05) is 38.2 Å². The molecule has 0 amide bonds. The van der Waals surface area contributed by atoms with Gasteiger partial charge in [0.1, 0.15) is 0 Å². The number of hydrogen-bond donors (Lipinski definition) is 0. The van der Waals surface area contributed by atoms with E-state index >= 15 is 0 Å². The maximum atomic E-state index is 3.77. The number of halogens is 2. The van der Waals surface area contributed by atoms with Crippen LogP contribution in [0.3, 0.4) is 0 Å². The second-order valence-corrected chi connectivity index (χ2v) is 5.32. The van der Waals surface area contributed by atoms with E-state index in [2.05, 4.69) is 94.5 Å². The molecule has 0 N–H and O–H groups in total. The van der Waals surface area contributed by atoms with Crippen LogP contribution in [0.25, 0.3) is 0 Å². The van der Waals surface area contributed by atoms with Gasteiger partial charge in [0.25, 0.3) is 0 Å². The molecule has 0 atom stereocenters. The van der Waals surface area contributed by atoms with Gasteiger partial charge in [0.2, 0.25) is 0 Å². The maximum absolute atomic E-state index is 3.77. The Hall–Kier alpha value is -0.00571. The summed E-state index contributed by atoms with van der Waals surface area (Å²) in [6.45, 7) is 10.2. The van der Waals surface area contributed by atoms with Crippen LogP contribution in [-0.2, 0) is 20.0 Å². The van der Waals surface area contributed by atoms with E-state index in [-0.39, 0.29) is 24.8 Å². The van der Waals surface area contributed by atoms with Crippen LogP contribution in [0.1, 0.15) is 37.3 Å². The van der Waals surface area contributed by atoms with Gasteiger partial charge in [-0.05, 0) is 5.92 Å². The Balaban J connectivity index is -0.000000225. The summed E-state index contributed by atoms with van der Waals surface area (Å²) in [7, 11) is 0. The van der Waals surface area contributed by atoms with E-state index in [0.717, 1.165) is 6.42 Å². The fourth-order valence-electron chi connectivity index (χ4n) is 1.53. The molecule has 0 saturated carbocycles. The molecule has 2 rings (SSSR count). The summed E-state index contributed by atoms with van der Waals surface area (Å²) in [5.74, 6) is 0.625. The quantitative estimate of drug-likeness (QED) is 0.485. The van der Waals surface area contributed by atoms with Gasteiger partial charge in [-0.2, -0.15) is 24.1 Å². The van der Waals surface area contributed by atoms with Gasteiger partial charge in [0.15, 0.2) is 0 Å². The molecular formula is C18H26Cl2Ti-2. The molecule has 0 nitrogen and oxygen atoms in total. The van der Waals surface area contributed by atoms with Gasteiger partial charge in [0, 0.05) is 0 Å². The second kappa shape index (κ2) is 18.0. The van der Waals surface area contributed by atoms with Crippen LogP contribution < -0.4 is 24.8 Å². The number of aryl methyl sites for hydroxylation is 2. The Morgan fingerprint density at radius 3 is 2.00 bits per heavy atom. The first-order valence-electron chi connectivity index (χ1n) is 6.97. The van der Waals surface area contributed by atoms with Crippen LogP contribution in [0.15, 0.2) is 42.5 Å². The topological polar surface area (TPSA) is 0 Å². The van der Waals surface area contributed by atoms with E-state index in [4.69, 9.17) is 0 Å². The molecule has 0 heterocycles. The minimum atomic E-state index is 0. The SMILES string of the molecule is CCC[CH]=[Ti+2].Cc1cc[c-](C)c1.[CH2-]CC1C=CC=C1.[Cl-].[Cl-]. The number of allylic oxidation sites excluding steroid dienone is 4. The predicted octanol–water partition coefficient (Wildman–Crippen LogP) is -0.881. The van der Waals surface area contributed by atoms with E-state index in [9.17, 15) is 0 Å². The molecule has 0 bridgehead atoms. The van der Waals surface area contributed by atoms with Crippen molar-refractivity contribution in [3.8, 4) is 0 Å². The molecule has 3 heteroatoms. The van der Waals surface area contributed by atoms with Gasteiger partial charge in [0.05, 0.1) is 0 Å². The van der Waals surface area contributed by atoms with Crippen LogP contribution in [0.2, 0.25) is 0 Å². The number of rotatable bonds is 3. The fourth-order valence-corrected chi connectivity index (χ4v) is 1.98. The molecule has 0 saturated heterocycles. The summed E-state index contributed by atoms with van der Waals surface area (Å²) >= 11 is 2.09. The zero-order valence-corrected chi connectivity index (χ0v) is 16.4. The smallest absolute Gasteiger partial charge is 0.0319 e. The van der Waals surface area contributed by atoms with Crippen molar-refractivity contribution in [2.75, 3.05) is 0 Å². The number of unbranched alkanes of at least 4 members (excludes halogenated alkanes) is 1. The third kappa shape index (κ3) is 16.2. The molecule has 0 unspecified atom stereocenters. The van der Waals surface area contributed by atoms with Crippen LogP contribution in [0.4, 0.5) is 0 Å². The minimum Gasteiger partial charge on any atom is -1.00 e. The summed E-state index contributed by atoms with van der Waals surface area (Å²) in [6.07, 6.45) is 12.0. The summed E-state index contributed by atoms with van der Waals surface area (Å²) in [5, 5.41) is 0. The van der Waals surface area contributed by atoms with E-state index in [1.165, 1.54) is 24.0 Å². The van der Waals surface area contributed by atoms with Crippen LogP contribution in [-0.4, -0.2) is 4.31 Å². The van der Waals surface area contributed by atoms with Crippen LogP contribution >= 0.6 is 0 Å². The van der Waals surface area contributed by atoms with Crippen LogP contribution in [0, 0.1) is 26.7 Å². The Bertz CT molecular complexity index is 363. The van der Waals surface area contributed by atoms with Crippen molar-refractivity contribution < 1.29 is 44.8 Å². The second-order valence-electron chi connectivity index (χ2n) is 4.68. The molecule has 21 heavy (non-hydrogen) atoms. The standard InChI is InChI=1S/2C7H9.C4H8.2ClH.Ti/c1-6-3-4-7(2)5-6;1-2-7-5-3-4-6-7;1-3-4-2;;;/h3-5H,1-2H3;3-7H,1-2H2;1H,3-4H2,2H3;2*1H;/q2*-1;;;;+2/p-2. The van der Waals surface area contributed by atoms with Gasteiger partial charge >= 0.3 is 44.1 Å². The molecule has 1 aromatic rings. The number of hydrogen-bond acceptors (Lipinski definition) is 0. The van der Waals surface area contributed by atoms with Crippen molar-refractivity contribution in [3.63, 3.8) is 0 Å². The summed E-state index contributed by atoms with van der Waals surface area (Å²) < 4.78 is 2.18. The first-order valence-corrected chi connectivity index (χ1v) is 7.87. The molecule has 0 spiro atoms. The molecule has 1 aliphatic carbocycles. The normalized spacial score (nSPS) is 11.3. The van der Waals surface area contributed by atoms with Crippen molar-refractivity contribution >= 4 is 4.31 Å². The van der Waals surface area contributed by atoms with E-state index in [0.29, 0.717) is 5.92 Å². The van der Waals surface area contributed by atoms with Crippen molar-refractivity contribution in [2.24, 2.45) is 5.92 Å². The van der Waals surface area contributed by atoms with Gasteiger partial charge in [-0.15, -0.1) is 0 Å². The zero-order valence-electron chi connectivity index (χ0n) is 13.3. The first kappa shape index (κ1) is 25.9. The minimum absolute atomic E-state index is 0. The fraction of sp³-hybridized carbons (Fsp3) is 0.389. The van der Waals surface area contributed by atoms with Crippen molar-refractivity contribution in [3.05, 3.63) is 60.6 Å².